The molecule has 0 saturated carbocycles. The second-order valence-electron chi connectivity index (χ2n) is 4.42. The summed E-state index contributed by atoms with van der Waals surface area (Å²) in [4.78, 5) is 22.9. The van der Waals surface area contributed by atoms with E-state index in [-0.39, 0.29) is 11.9 Å². The minimum Gasteiger partial charge on any atom is -0.480 e. The lowest BCUT2D eigenvalue weighted by Crippen LogP contribution is -2.38. The van der Waals surface area contributed by atoms with Gasteiger partial charge in [-0.3, -0.25) is 14.5 Å². The first kappa shape index (κ1) is 19.6. The number of nitrogens with zero attached hydrogens (tertiary/aromatic N) is 1. The van der Waals surface area contributed by atoms with Crippen LogP contribution in [0.2, 0.25) is 0 Å². The van der Waals surface area contributed by atoms with Crippen molar-refractivity contribution in [2.45, 2.75) is 33.7 Å². The van der Waals surface area contributed by atoms with Crippen LogP contribution in [0, 0.1) is 0 Å². The quantitative estimate of drug-likeness (QED) is 0.847. The molecule has 1 rings (SSSR count). The largest absolute Gasteiger partial charge is 0.480 e. The van der Waals surface area contributed by atoms with Gasteiger partial charge >= 0.3 is 5.97 Å². The third kappa shape index (κ3) is 8.47. The first-order valence-electron chi connectivity index (χ1n) is 6.81. The van der Waals surface area contributed by atoms with Gasteiger partial charge in [0.25, 0.3) is 0 Å². The van der Waals surface area contributed by atoms with E-state index in [4.69, 9.17) is 5.11 Å². The van der Waals surface area contributed by atoms with Crippen LogP contribution in [0.4, 0.5) is 5.69 Å². The third-order valence-corrected chi connectivity index (χ3v) is 3.41. The standard InChI is InChI=1S/C8H8BrNO.C7H15NO2/c1-6(11)10-8-4-2-7(9)3-5-8;1-4-8(5-2)6(3)7(9)10/h2-5H,1H3,(H,10,11);6H,4-5H2,1-3H3,(H,9,10). The van der Waals surface area contributed by atoms with Crippen molar-refractivity contribution in [1.82, 2.24) is 4.90 Å². The van der Waals surface area contributed by atoms with Crippen molar-refractivity contribution in [3.63, 3.8) is 0 Å². The van der Waals surface area contributed by atoms with E-state index in [9.17, 15) is 9.59 Å². The van der Waals surface area contributed by atoms with Gasteiger partial charge in [0, 0.05) is 17.1 Å². The van der Waals surface area contributed by atoms with Crippen LogP contribution in [-0.2, 0) is 9.59 Å². The topological polar surface area (TPSA) is 69.6 Å². The Bertz CT molecular complexity index is 445. The van der Waals surface area contributed by atoms with E-state index < -0.39 is 5.97 Å². The first-order valence-corrected chi connectivity index (χ1v) is 7.61. The number of carbonyl (C=O) groups is 2. The van der Waals surface area contributed by atoms with Crippen LogP contribution in [0.3, 0.4) is 0 Å². The van der Waals surface area contributed by atoms with E-state index in [2.05, 4.69) is 21.2 Å². The fourth-order valence-corrected chi connectivity index (χ4v) is 1.93. The molecule has 1 unspecified atom stereocenters. The molecule has 0 fully saturated rings. The average molecular weight is 359 g/mol. The molecule has 118 valence electrons. The molecule has 0 aliphatic carbocycles. The summed E-state index contributed by atoms with van der Waals surface area (Å²) in [6, 6.07) is 7.09. The molecule has 1 aromatic carbocycles. The highest BCUT2D eigenvalue weighted by molar-refractivity contribution is 9.10. The highest BCUT2D eigenvalue weighted by Crippen LogP contribution is 2.13. The first-order chi connectivity index (χ1) is 9.81. The number of amides is 1. The van der Waals surface area contributed by atoms with Crippen molar-refractivity contribution in [1.29, 1.82) is 0 Å². The van der Waals surface area contributed by atoms with Crippen molar-refractivity contribution < 1.29 is 14.7 Å². The minimum absolute atomic E-state index is 0.0488. The van der Waals surface area contributed by atoms with Crippen molar-refractivity contribution in [2.75, 3.05) is 18.4 Å². The molecule has 1 aromatic rings. The Morgan fingerprint density at radius 1 is 1.24 bits per heavy atom. The number of nitrogens with one attached hydrogen (secondary N) is 1. The van der Waals surface area contributed by atoms with Crippen LogP contribution in [0.25, 0.3) is 0 Å². The fourth-order valence-electron chi connectivity index (χ4n) is 1.66. The Hall–Kier alpha value is -1.40. The van der Waals surface area contributed by atoms with Crippen molar-refractivity contribution in [3.8, 4) is 0 Å². The summed E-state index contributed by atoms with van der Waals surface area (Å²) in [5.41, 5.74) is 0.820. The average Bonchev–Trinajstić information content (AvgIpc) is 2.43. The van der Waals surface area contributed by atoms with E-state index in [0.717, 1.165) is 23.2 Å². The zero-order valence-electron chi connectivity index (χ0n) is 12.9. The molecule has 21 heavy (non-hydrogen) atoms. The smallest absolute Gasteiger partial charge is 0.320 e. The predicted octanol–water partition coefficient (Wildman–Crippen LogP) is 3.21. The molecule has 1 amide bonds. The summed E-state index contributed by atoms with van der Waals surface area (Å²) in [5, 5.41) is 11.2. The second-order valence-corrected chi connectivity index (χ2v) is 5.34. The molecular weight excluding hydrogens is 336 g/mol. The number of likely N-dealkylation sites (N-methyl/N-ethyl adjacent to an activating group) is 1. The number of halogens is 1. The highest BCUT2D eigenvalue weighted by atomic mass is 79.9. The normalized spacial score (nSPS) is 11.3. The fraction of sp³-hybridized carbons (Fsp3) is 0.467. The summed E-state index contributed by atoms with van der Waals surface area (Å²) in [6.07, 6.45) is 0. The molecule has 5 nitrogen and oxygen atoms in total. The zero-order valence-corrected chi connectivity index (χ0v) is 14.5. The van der Waals surface area contributed by atoms with E-state index in [1.54, 1.807) is 6.92 Å². The zero-order chi connectivity index (χ0) is 16.4. The molecule has 0 spiro atoms. The molecule has 0 heterocycles. The Kier molecular flexibility index (Phi) is 9.65. The molecule has 2 N–H and O–H groups in total. The van der Waals surface area contributed by atoms with Crippen LogP contribution in [-0.4, -0.2) is 41.0 Å². The van der Waals surface area contributed by atoms with Gasteiger partial charge in [0.1, 0.15) is 6.04 Å². The Morgan fingerprint density at radius 3 is 2.00 bits per heavy atom. The van der Waals surface area contributed by atoms with E-state index in [1.165, 1.54) is 6.92 Å². The summed E-state index contributed by atoms with van der Waals surface area (Å²) < 4.78 is 1.01. The summed E-state index contributed by atoms with van der Waals surface area (Å²) in [7, 11) is 0. The lowest BCUT2D eigenvalue weighted by atomic mass is 10.3. The predicted molar refractivity (Wildman–Crippen MR) is 88.5 cm³/mol. The van der Waals surface area contributed by atoms with E-state index >= 15 is 0 Å². The lowest BCUT2D eigenvalue weighted by Gasteiger charge is -2.22. The molecule has 6 heteroatoms. The van der Waals surface area contributed by atoms with Crippen LogP contribution in [0.5, 0.6) is 0 Å². The second kappa shape index (κ2) is 10.3. The SMILES string of the molecule is CC(=O)Nc1ccc(Br)cc1.CCN(CC)C(C)C(=O)O. The number of hydrogen-bond acceptors (Lipinski definition) is 3. The van der Waals surface area contributed by atoms with Gasteiger partial charge in [-0.2, -0.15) is 0 Å². The van der Waals surface area contributed by atoms with Crippen molar-refractivity contribution in [2.24, 2.45) is 0 Å². The molecule has 1 atom stereocenters. The van der Waals surface area contributed by atoms with Crippen molar-refractivity contribution in [3.05, 3.63) is 28.7 Å². The molecular formula is C15H23BrN2O3. The Labute approximate surface area is 134 Å². The highest BCUT2D eigenvalue weighted by Gasteiger charge is 2.16. The number of aliphatic carboxylic acids is 1. The molecule has 0 aromatic heterocycles. The van der Waals surface area contributed by atoms with Gasteiger partial charge in [-0.05, 0) is 44.3 Å². The molecule has 0 aliphatic rings. The summed E-state index contributed by atoms with van der Waals surface area (Å²) in [5.74, 6) is -0.795. The van der Waals surface area contributed by atoms with E-state index in [0.29, 0.717) is 0 Å². The number of benzene rings is 1. The number of carbonyl (C=O) groups excluding carboxylic acids is 1. The lowest BCUT2D eigenvalue weighted by molar-refractivity contribution is -0.142. The van der Waals surface area contributed by atoms with Gasteiger partial charge in [-0.15, -0.1) is 0 Å². The van der Waals surface area contributed by atoms with Gasteiger partial charge < -0.3 is 10.4 Å². The maximum atomic E-state index is 10.6. The Balaban J connectivity index is 0.000000384. The third-order valence-electron chi connectivity index (χ3n) is 2.88. The Morgan fingerprint density at radius 2 is 1.71 bits per heavy atom. The maximum absolute atomic E-state index is 10.6. The van der Waals surface area contributed by atoms with Gasteiger partial charge in [0.15, 0.2) is 0 Å². The van der Waals surface area contributed by atoms with Crippen LogP contribution >= 0.6 is 15.9 Å². The number of anilines is 1. The van der Waals surface area contributed by atoms with Gasteiger partial charge in [0.05, 0.1) is 0 Å². The number of carboxylic acids is 1. The molecule has 0 bridgehead atoms. The van der Waals surface area contributed by atoms with Gasteiger partial charge in [0.2, 0.25) is 5.91 Å². The van der Waals surface area contributed by atoms with E-state index in [1.807, 2.05) is 43.0 Å². The minimum atomic E-state index is -0.747. The van der Waals surface area contributed by atoms with Crippen LogP contribution in [0.1, 0.15) is 27.7 Å². The molecule has 0 saturated heterocycles. The van der Waals surface area contributed by atoms with Gasteiger partial charge in [-0.1, -0.05) is 29.8 Å². The number of rotatable bonds is 5. The summed E-state index contributed by atoms with van der Waals surface area (Å²) >= 11 is 3.30. The van der Waals surface area contributed by atoms with Crippen LogP contribution in [0.15, 0.2) is 28.7 Å². The van der Waals surface area contributed by atoms with Gasteiger partial charge in [-0.25, -0.2) is 0 Å². The molecule has 0 aliphatic heterocycles. The van der Waals surface area contributed by atoms with Crippen molar-refractivity contribution >= 4 is 33.5 Å². The number of carboxylic acid groups (broad SMARTS) is 1. The monoisotopic (exact) mass is 358 g/mol. The molecule has 0 radical (unpaired) electrons. The number of hydrogen-bond donors (Lipinski definition) is 2. The maximum Gasteiger partial charge on any atom is 0.320 e. The van der Waals surface area contributed by atoms with Crippen LogP contribution < -0.4 is 5.32 Å². The summed E-state index contributed by atoms with van der Waals surface area (Å²) in [6.45, 7) is 8.71.